The maximum atomic E-state index is 9.06. The third-order valence-corrected chi connectivity index (χ3v) is 5.67. The molecule has 6 heteroatoms. The van der Waals surface area contributed by atoms with E-state index in [1.165, 1.54) is 6.42 Å². The van der Waals surface area contributed by atoms with Crippen LogP contribution >= 0.6 is 23.5 Å². The zero-order chi connectivity index (χ0) is 14.5. The SMILES string of the molecule is CCC1CN(c2cccc(SC)c2/C(N)=N/O)CCS1. The predicted octanol–water partition coefficient (Wildman–Crippen LogP) is 2.83. The van der Waals surface area contributed by atoms with E-state index < -0.39 is 0 Å². The summed E-state index contributed by atoms with van der Waals surface area (Å²) < 4.78 is 0. The molecule has 1 fully saturated rings. The lowest BCUT2D eigenvalue weighted by Gasteiger charge is -2.35. The molecule has 0 radical (unpaired) electrons. The Morgan fingerprint density at radius 1 is 1.60 bits per heavy atom. The van der Waals surface area contributed by atoms with E-state index in [0.717, 1.165) is 35.0 Å². The van der Waals surface area contributed by atoms with Gasteiger partial charge in [-0.05, 0) is 24.8 Å². The van der Waals surface area contributed by atoms with Crippen molar-refractivity contribution in [3.63, 3.8) is 0 Å². The third kappa shape index (κ3) is 3.17. The van der Waals surface area contributed by atoms with E-state index >= 15 is 0 Å². The van der Waals surface area contributed by atoms with Crippen LogP contribution in [0.4, 0.5) is 5.69 Å². The normalized spacial score (nSPS) is 20.2. The first-order valence-electron chi connectivity index (χ1n) is 6.72. The zero-order valence-corrected chi connectivity index (χ0v) is 13.5. The first-order valence-corrected chi connectivity index (χ1v) is 9.00. The van der Waals surface area contributed by atoms with Crippen molar-refractivity contribution in [3.05, 3.63) is 23.8 Å². The molecule has 0 bridgehead atoms. The maximum Gasteiger partial charge on any atom is 0.173 e. The summed E-state index contributed by atoms with van der Waals surface area (Å²) >= 11 is 3.65. The standard InChI is InChI=1S/C14H21N3OS2/c1-3-10-9-17(7-8-20-10)11-5-4-6-12(19-2)13(11)14(15)16-18/h4-6,10,18H,3,7-9H2,1-2H3,(H2,15,16). The average Bonchev–Trinajstić information content (AvgIpc) is 2.53. The van der Waals surface area contributed by atoms with Gasteiger partial charge in [-0.2, -0.15) is 11.8 Å². The molecule has 1 atom stereocenters. The summed E-state index contributed by atoms with van der Waals surface area (Å²) in [6, 6.07) is 6.12. The van der Waals surface area contributed by atoms with Crippen molar-refractivity contribution in [1.82, 2.24) is 0 Å². The van der Waals surface area contributed by atoms with E-state index in [1.54, 1.807) is 11.8 Å². The largest absolute Gasteiger partial charge is 0.409 e. The van der Waals surface area contributed by atoms with Crippen LogP contribution in [0.5, 0.6) is 0 Å². The van der Waals surface area contributed by atoms with Gasteiger partial charge in [-0.15, -0.1) is 11.8 Å². The number of nitrogens with zero attached hydrogens (tertiary/aromatic N) is 2. The molecule has 2 rings (SSSR count). The number of thioether (sulfide) groups is 2. The lowest BCUT2D eigenvalue weighted by Crippen LogP contribution is -2.39. The minimum Gasteiger partial charge on any atom is -0.409 e. The molecule has 1 heterocycles. The van der Waals surface area contributed by atoms with Crippen molar-refractivity contribution in [1.29, 1.82) is 0 Å². The first kappa shape index (κ1) is 15.4. The Hall–Kier alpha value is -1.01. The van der Waals surface area contributed by atoms with Crippen LogP contribution in [0, 0.1) is 0 Å². The van der Waals surface area contributed by atoms with E-state index in [2.05, 4.69) is 23.0 Å². The minimum absolute atomic E-state index is 0.191. The molecular formula is C14H21N3OS2. The number of amidine groups is 1. The van der Waals surface area contributed by atoms with Crippen LogP contribution in [0.25, 0.3) is 0 Å². The smallest absolute Gasteiger partial charge is 0.173 e. The van der Waals surface area contributed by atoms with Crippen LogP contribution in [0.15, 0.2) is 28.3 Å². The molecule has 1 aliphatic heterocycles. The van der Waals surface area contributed by atoms with Crippen LogP contribution in [0.3, 0.4) is 0 Å². The van der Waals surface area contributed by atoms with Gasteiger partial charge < -0.3 is 15.8 Å². The maximum absolute atomic E-state index is 9.06. The molecule has 20 heavy (non-hydrogen) atoms. The monoisotopic (exact) mass is 311 g/mol. The topological polar surface area (TPSA) is 61.8 Å². The lowest BCUT2D eigenvalue weighted by molar-refractivity contribution is 0.318. The molecule has 0 aromatic heterocycles. The van der Waals surface area contributed by atoms with Gasteiger partial charge >= 0.3 is 0 Å². The second kappa shape index (κ2) is 7.13. The van der Waals surface area contributed by atoms with Gasteiger partial charge in [-0.3, -0.25) is 0 Å². The second-order valence-electron chi connectivity index (χ2n) is 4.69. The Balaban J connectivity index is 2.40. The molecule has 1 aromatic rings. The number of hydrogen-bond donors (Lipinski definition) is 2. The third-order valence-electron chi connectivity index (χ3n) is 3.52. The molecule has 0 saturated carbocycles. The molecule has 4 nitrogen and oxygen atoms in total. The minimum atomic E-state index is 0.191. The number of oxime groups is 1. The summed E-state index contributed by atoms with van der Waals surface area (Å²) in [6.07, 6.45) is 3.18. The summed E-state index contributed by atoms with van der Waals surface area (Å²) in [5.41, 5.74) is 7.83. The van der Waals surface area contributed by atoms with Crippen molar-refractivity contribution in [2.24, 2.45) is 10.9 Å². The highest BCUT2D eigenvalue weighted by atomic mass is 32.2. The van der Waals surface area contributed by atoms with Gasteiger partial charge in [0.15, 0.2) is 5.84 Å². The van der Waals surface area contributed by atoms with Crippen LogP contribution in [0.2, 0.25) is 0 Å². The molecule has 1 unspecified atom stereocenters. The molecular weight excluding hydrogens is 290 g/mol. The lowest BCUT2D eigenvalue weighted by atomic mass is 10.1. The fourth-order valence-corrected chi connectivity index (χ4v) is 4.25. The van der Waals surface area contributed by atoms with Gasteiger partial charge in [0.25, 0.3) is 0 Å². The highest BCUT2D eigenvalue weighted by molar-refractivity contribution is 8.00. The van der Waals surface area contributed by atoms with E-state index in [1.807, 2.05) is 30.2 Å². The number of benzene rings is 1. The number of hydrogen-bond acceptors (Lipinski definition) is 5. The molecule has 110 valence electrons. The van der Waals surface area contributed by atoms with Crippen LogP contribution < -0.4 is 10.6 Å². The van der Waals surface area contributed by atoms with Gasteiger partial charge in [0.2, 0.25) is 0 Å². The van der Waals surface area contributed by atoms with E-state index in [0.29, 0.717) is 5.25 Å². The van der Waals surface area contributed by atoms with Crippen LogP contribution in [-0.2, 0) is 0 Å². The van der Waals surface area contributed by atoms with Gasteiger partial charge in [-0.25, -0.2) is 0 Å². The van der Waals surface area contributed by atoms with E-state index in [4.69, 9.17) is 10.9 Å². The summed E-state index contributed by atoms with van der Waals surface area (Å²) in [5.74, 6) is 1.31. The summed E-state index contributed by atoms with van der Waals surface area (Å²) in [6.45, 7) is 4.25. The Labute approximate surface area is 128 Å². The average molecular weight is 311 g/mol. The molecule has 0 aliphatic carbocycles. The highest BCUT2D eigenvalue weighted by Gasteiger charge is 2.23. The molecule has 1 aliphatic rings. The van der Waals surface area contributed by atoms with Crippen molar-refractivity contribution in [3.8, 4) is 0 Å². The van der Waals surface area contributed by atoms with Crippen LogP contribution in [0.1, 0.15) is 18.9 Å². The summed E-state index contributed by atoms with van der Waals surface area (Å²) in [5, 5.41) is 12.9. The second-order valence-corrected chi connectivity index (χ2v) is 6.94. The Morgan fingerprint density at radius 3 is 3.05 bits per heavy atom. The first-order chi connectivity index (χ1) is 9.71. The summed E-state index contributed by atoms with van der Waals surface area (Å²) in [7, 11) is 0. The quantitative estimate of drug-likeness (QED) is 0.294. The Kier molecular flexibility index (Phi) is 5.48. The molecule has 1 saturated heterocycles. The summed E-state index contributed by atoms with van der Waals surface area (Å²) in [4.78, 5) is 3.40. The molecule has 0 amide bonds. The number of rotatable bonds is 4. The fourth-order valence-electron chi connectivity index (χ4n) is 2.45. The van der Waals surface area contributed by atoms with Crippen molar-refractivity contribution in [2.45, 2.75) is 23.5 Å². The number of anilines is 1. The van der Waals surface area contributed by atoms with E-state index in [9.17, 15) is 0 Å². The van der Waals surface area contributed by atoms with Gasteiger partial charge in [0, 0.05) is 34.7 Å². The Morgan fingerprint density at radius 2 is 2.40 bits per heavy atom. The van der Waals surface area contributed by atoms with Gasteiger partial charge in [-0.1, -0.05) is 18.1 Å². The zero-order valence-electron chi connectivity index (χ0n) is 11.9. The van der Waals surface area contributed by atoms with Crippen molar-refractivity contribution in [2.75, 3.05) is 30.0 Å². The molecule has 1 aromatic carbocycles. The van der Waals surface area contributed by atoms with E-state index in [-0.39, 0.29) is 5.84 Å². The van der Waals surface area contributed by atoms with Crippen molar-refractivity contribution >= 4 is 35.0 Å². The Bertz CT molecular complexity index is 493. The fraction of sp³-hybridized carbons (Fsp3) is 0.500. The highest BCUT2D eigenvalue weighted by Crippen LogP contribution is 2.32. The van der Waals surface area contributed by atoms with Gasteiger partial charge in [0.1, 0.15) is 0 Å². The molecule has 0 spiro atoms. The van der Waals surface area contributed by atoms with Crippen LogP contribution in [-0.4, -0.2) is 41.4 Å². The van der Waals surface area contributed by atoms with Crippen molar-refractivity contribution < 1.29 is 5.21 Å². The number of nitrogens with two attached hydrogens (primary N) is 1. The van der Waals surface area contributed by atoms with Gasteiger partial charge in [0.05, 0.1) is 5.56 Å². The predicted molar refractivity (Wildman–Crippen MR) is 89.5 cm³/mol. The molecule has 3 N–H and O–H groups in total.